The molecule has 4 fully saturated rings. The molecule has 11 atom stereocenters. The van der Waals surface area contributed by atoms with Gasteiger partial charge in [0.1, 0.15) is 0 Å². The lowest BCUT2D eigenvalue weighted by molar-refractivity contribution is -0.264. The number of hydrogen-bond acceptors (Lipinski definition) is 4. The van der Waals surface area contributed by atoms with Crippen molar-refractivity contribution < 1.29 is 20.4 Å². The first-order valence-corrected chi connectivity index (χ1v) is 13.3. The Morgan fingerprint density at radius 3 is 2.39 bits per heavy atom. The lowest BCUT2D eigenvalue weighted by Gasteiger charge is -2.65. The van der Waals surface area contributed by atoms with E-state index in [2.05, 4.69) is 27.7 Å². The summed E-state index contributed by atoms with van der Waals surface area (Å²) in [6.45, 7) is 9.65. The van der Waals surface area contributed by atoms with Crippen molar-refractivity contribution in [3.05, 3.63) is 0 Å². The minimum atomic E-state index is -1.13. The van der Waals surface area contributed by atoms with Gasteiger partial charge in [0, 0.05) is 18.4 Å². The van der Waals surface area contributed by atoms with Gasteiger partial charge in [0.25, 0.3) is 0 Å². The van der Waals surface area contributed by atoms with Crippen LogP contribution in [0.15, 0.2) is 0 Å². The second-order valence-corrected chi connectivity index (χ2v) is 12.8. The van der Waals surface area contributed by atoms with E-state index in [4.69, 9.17) is 0 Å². The van der Waals surface area contributed by atoms with Crippen LogP contribution in [0.1, 0.15) is 98.3 Å². The maximum Gasteiger partial charge on any atom is 0.0985 e. The van der Waals surface area contributed by atoms with Crippen LogP contribution in [-0.2, 0) is 0 Å². The molecule has 0 aromatic carbocycles. The van der Waals surface area contributed by atoms with Gasteiger partial charge in [0.15, 0.2) is 0 Å². The van der Waals surface area contributed by atoms with E-state index in [0.29, 0.717) is 54.5 Å². The zero-order valence-electron chi connectivity index (χ0n) is 20.4. The summed E-state index contributed by atoms with van der Waals surface area (Å²) in [4.78, 5) is 0. The Balaban J connectivity index is 1.50. The third-order valence-electron chi connectivity index (χ3n) is 11.3. The second-order valence-electron chi connectivity index (χ2n) is 12.8. The molecule has 4 rings (SSSR count). The van der Waals surface area contributed by atoms with Crippen LogP contribution < -0.4 is 0 Å². The molecule has 0 saturated heterocycles. The molecule has 0 aromatic rings. The van der Waals surface area contributed by atoms with Crippen LogP contribution in [0.2, 0.25) is 0 Å². The highest BCUT2D eigenvalue weighted by Crippen LogP contribution is 2.69. The first-order valence-electron chi connectivity index (χ1n) is 13.3. The van der Waals surface area contributed by atoms with Crippen molar-refractivity contribution >= 4 is 0 Å². The lowest BCUT2D eigenvalue weighted by atomic mass is 9.42. The molecule has 11 unspecified atom stereocenters. The number of fused-ring (bicyclic) bond motifs is 5. The Morgan fingerprint density at radius 1 is 0.935 bits per heavy atom. The zero-order valence-corrected chi connectivity index (χ0v) is 20.4. The number of hydrogen-bond donors (Lipinski definition) is 4. The molecule has 0 aromatic heterocycles. The average molecular weight is 437 g/mol. The van der Waals surface area contributed by atoms with Gasteiger partial charge in [0.05, 0.1) is 17.8 Å². The first-order chi connectivity index (χ1) is 14.6. The molecule has 4 nitrogen and oxygen atoms in total. The van der Waals surface area contributed by atoms with E-state index in [1.807, 2.05) is 0 Å². The summed E-state index contributed by atoms with van der Waals surface area (Å²) >= 11 is 0. The van der Waals surface area contributed by atoms with Crippen molar-refractivity contribution in [2.24, 2.45) is 46.3 Å². The van der Waals surface area contributed by atoms with Crippen LogP contribution in [0.25, 0.3) is 0 Å². The smallest absolute Gasteiger partial charge is 0.0985 e. The second kappa shape index (κ2) is 8.56. The predicted molar refractivity (Wildman–Crippen MR) is 123 cm³/mol. The van der Waals surface area contributed by atoms with Gasteiger partial charge in [-0.2, -0.15) is 0 Å². The minimum absolute atomic E-state index is 0.278. The standard InChI is InChI=1S/C27H48O4/c1-17(16-28)6-5-7-18(2)21-8-9-22-20-14-24(30)27(31)15-19(29)10-13-26(27,4)23(20)11-12-25(21,22)3/h17-24,28-31H,5-16H2,1-4H3. The van der Waals surface area contributed by atoms with E-state index in [1.165, 1.54) is 32.1 Å². The van der Waals surface area contributed by atoms with Crippen LogP contribution in [0.3, 0.4) is 0 Å². The topological polar surface area (TPSA) is 80.9 Å². The molecule has 0 radical (unpaired) electrons. The molecular weight excluding hydrogens is 388 g/mol. The van der Waals surface area contributed by atoms with E-state index in [0.717, 1.165) is 31.6 Å². The summed E-state index contributed by atoms with van der Waals surface area (Å²) < 4.78 is 0. The third-order valence-corrected chi connectivity index (χ3v) is 11.3. The fraction of sp³-hybridized carbons (Fsp3) is 1.00. The molecule has 0 amide bonds. The van der Waals surface area contributed by atoms with Crippen molar-refractivity contribution in [2.45, 2.75) is 116 Å². The van der Waals surface area contributed by atoms with Crippen LogP contribution in [0, 0.1) is 46.3 Å². The van der Waals surface area contributed by atoms with Gasteiger partial charge >= 0.3 is 0 Å². The monoisotopic (exact) mass is 436 g/mol. The molecular formula is C27H48O4. The zero-order chi connectivity index (χ0) is 22.6. The van der Waals surface area contributed by atoms with Gasteiger partial charge in [-0.3, -0.25) is 0 Å². The SMILES string of the molecule is CC(CO)CCCC(C)C1CCC2C3CC(O)C4(O)CC(O)CCC4(C)C3CCC12C. The fourth-order valence-corrected chi connectivity index (χ4v) is 9.32. The fourth-order valence-electron chi connectivity index (χ4n) is 9.32. The molecule has 4 aliphatic rings. The molecule has 4 heteroatoms. The largest absolute Gasteiger partial charge is 0.396 e. The predicted octanol–water partition coefficient (Wildman–Crippen LogP) is 4.53. The highest BCUT2D eigenvalue weighted by molar-refractivity contribution is 5.17. The highest BCUT2D eigenvalue weighted by Gasteiger charge is 2.67. The molecule has 4 saturated carbocycles. The Kier molecular flexibility index (Phi) is 6.62. The quantitative estimate of drug-likeness (QED) is 0.493. The van der Waals surface area contributed by atoms with Gasteiger partial charge in [-0.05, 0) is 92.3 Å². The average Bonchev–Trinajstić information content (AvgIpc) is 3.07. The molecule has 31 heavy (non-hydrogen) atoms. The normalized spacial score (nSPS) is 51.5. The van der Waals surface area contributed by atoms with Crippen LogP contribution in [0.5, 0.6) is 0 Å². The van der Waals surface area contributed by atoms with E-state index < -0.39 is 17.8 Å². The van der Waals surface area contributed by atoms with Crippen molar-refractivity contribution in [1.82, 2.24) is 0 Å². The summed E-state index contributed by atoms with van der Waals surface area (Å²) in [7, 11) is 0. The summed E-state index contributed by atoms with van der Waals surface area (Å²) in [5, 5.41) is 42.4. The number of aliphatic hydroxyl groups excluding tert-OH is 3. The highest BCUT2D eigenvalue weighted by atomic mass is 16.3. The van der Waals surface area contributed by atoms with Crippen LogP contribution in [0.4, 0.5) is 0 Å². The molecule has 0 spiro atoms. The molecule has 0 heterocycles. The van der Waals surface area contributed by atoms with E-state index in [9.17, 15) is 20.4 Å². The Morgan fingerprint density at radius 2 is 1.68 bits per heavy atom. The van der Waals surface area contributed by atoms with Gasteiger partial charge in [-0.1, -0.05) is 40.5 Å². The van der Waals surface area contributed by atoms with E-state index in [-0.39, 0.29) is 5.41 Å². The van der Waals surface area contributed by atoms with Crippen LogP contribution in [-0.4, -0.2) is 44.8 Å². The summed E-state index contributed by atoms with van der Waals surface area (Å²) in [5.74, 6) is 3.49. The maximum atomic E-state index is 11.6. The van der Waals surface area contributed by atoms with Gasteiger partial charge < -0.3 is 20.4 Å². The van der Waals surface area contributed by atoms with E-state index in [1.54, 1.807) is 0 Å². The van der Waals surface area contributed by atoms with Gasteiger partial charge in [-0.15, -0.1) is 0 Å². The van der Waals surface area contributed by atoms with Crippen molar-refractivity contribution in [1.29, 1.82) is 0 Å². The Hall–Kier alpha value is -0.160. The molecule has 4 N–H and O–H groups in total. The summed E-state index contributed by atoms with van der Waals surface area (Å²) in [5.41, 5.74) is -1.06. The van der Waals surface area contributed by atoms with Crippen molar-refractivity contribution in [3.8, 4) is 0 Å². The lowest BCUT2D eigenvalue weighted by Crippen LogP contribution is -2.68. The maximum absolute atomic E-state index is 11.6. The Bertz CT molecular complexity index is 639. The number of aliphatic hydroxyl groups is 4. The third kappa shape index (κ3) is 3.72. The van der Waals surface area contributed by atoms with Gasteiger partial charge in [0.2, 0.25) is 0 Å². The summed E-state index contributed by atoms with van der Waals surface area (Å²) in [6, 6.07) is 0. The first kappa shape index (κ1) is 24.0. The minimum Gasteiger partial charge on any atom is -0.396 e. The van der Waals surface area contributed by atoms with Gasteiger partial charge in [-0.25, -0.2) is 0 Å². The molecule has 180 valence electrons. The van der Waals surface area contributed by atoms with Crippen molar-refractivity contribution in [3.63, 3.8) is 0 Å². The molecule has 0 aliphatic heterocycles. The molecule has 4 aliphatic carbocycles. The van der Waals surface area contributed by atoms with E-state index >= 15 is 0 Å². The summed E-state index contributed by atoms with van der Waals surface area (Å²) in [6.07, 6.45) is 9.97. The Labute approximate surface area is 189 Å². The van der Waals surface area contributed by atoms with Crippen LogP contribution >= 0.6 is 0 Å². The number of rotatable bonds is 6. The molecule has 0 bridgehead atoms. The van der Waals surface area contributed by atoms with Crippen molar-refractivity contribution in [2.75, 3.05) is 6.61 Å².